The Morgan fingerprint density at radius 3 is 2.68 bits per heavy atom. The summed E-state index contributed by atoms with van der Waals surface area (Å²) in [7, 11) is 0. The summed E-state index contributed by atoms with van der Waals surface area (Å²) in [6.45, 7) is 3.99. The molecule has 0 amide bonds. The average molecular weight is 368 g/mol. The molecule has 0 unspecified atom stereocenters. The van der Waals surface area contributed by atoms with E-state index in [2.05, 4.69) is 76.2 Å². The van der Waals surface area contributed by atoms with E-state index < -0.39 is 0 Å². The Morgan fingerprint density at radius 2 is 1.84 bits per heavy atom. The first kappa shape index (κ1) is 16.4. The van der Waals surface area contributed by atoms with E-state index in [1.165, 1.54) is 21.3 Å². The first-order valence-electron chi connectivity index (χ1n) is 8.58. The number of nitrogens with zero attached hydrogens (tertiary/aromatic N) is 2. The number of aromatic nitrogens is 2. The standard InChI is InChI=1S/C21H20ClN2S/c1-2-24-18(16-9-3-4-10-17(16)21(24)22)11-7-8-14-23-15-25-20-13-6-5-12-19(20)23/h3-7,9-13,15H,2,8,14H2,1H3/q+1. The maximum Gasteiger partial charge on any atom is 0.225 e. The quantitative estimate of drug-likeness (QED) is 0.387. The molecule has 2 aromatic carbocycles. The van der Waals surface area contributed by atoms with Crippen molar-refractivity contribution in [2.75, 3.05) is 0 Å². The van der Waals surface area contributed by atoms with Gasteiger partial charge in [0, 0.05) is 35.5 Å². The van der Waals surface area contributed by atoms with Gasteiger partial charge in [0.15, 0.2) is 6.54 Å². The Balaban J connectivity index is 1.57. The number of fused-ring (bicyclic) bond motifs is 2. The number of allylic oxidation sites excluding steroid dienone is 1. The summed E-state index contributed by atoms with van der Waals surface area (Å²) in [6.07, 6.45) is 5.46. The Kier molecular flexibility index (Phi) is 4.60. The van der Waals surface area contributed by atoms with Crippen molar-refractivity contribution in [2.24, 2.45) is 0 Å². The predicted molar refractivity (Wildman–Crippen MR) is 108 cm³/mol. The van der Waals surface area contributed by atoms with Crippen molar-refractivity contribution in [1.29, 1.82) is 0 Å². The van der Waals surface area contributed by atoms with Gasteiger partial charge in [-0.05, 0) is 19.1 Å². The molecule has 4 aromatic rings. The lowest BCUT2D eigenvalue weighted by molar-refractivity contribution is -0.666. The van der Waals surface area contributed by atoms with Gasteiger partial charge in [-0.15, -0.1) is 0 Å². The van der Waals surface area contributed by atoms with Crippen molar-refractivity contribution in [2.45, 2.75) is 26.4 Å². The minimum absolute atomic E-state index is 0.830. The van der Waals surface area contributed by atoms with Crippen LogP contribution in [0.15, 0.2) is 60.1 Å². The van der Waals surface area contributed by atoms with Gasteiger partial charge < -0.3 is 4.57 Å². The molecule has 0 aliphatic rings. The summed E-state index contributed by atoms with van der Waals surface area (Å²) in [5, 5.41) is 3.18. The van der Waals surface area contributed by atoms with E-state index in [9.17, 15) is 0 Å². The summed E-state index contributed by atoms with van der Waals surface area (Å²) in [6, 6.07) is 16.9. The molecule has 2 nitrogen and oxygen atoms in total. The second-order valence-electron chi connectivity index (χ2n) is 6.04. The van der Waals surface area contributed by atoms with Gasteiger partial charge in [-0.1, -0.05) is 65.4 Å². The van der Waals surface area contributed by atoms with Crippen molar-refractivity contribution < 1.29 is 4.57 Å². The minimum Gasteiger partial charge on any atom is -0.331 e. The minimum atomic E-state index is 0.830. The molecule has 0 fully saturated rings. The third kappa shape index (κ3) is 2.99. The van der Waals surface area contributed by atoms with Crippen LogP contribution in [-0.2, 0) is 13.1 Å². The normalized spacial score (nSPS) is 11.9. The van der Waals surface area contributed by atoms with Crippen molar-refractivity contribution in [1.82, 2.24) is 4.57 Å². The topological polar surface area (TPSA) is 8.81 Å². The van der Waals surface area contributed by atoms with Crippen LogP contribution in [-0.4, -0.2) is 4.57 Å². The lowest BCUT2D eigenvalue weighted by atomic mass is 10.1. The third-order valence-electron chi connectivity index (χ3n) is 4.56. The van der Waals surface area contributed by atoms with Crippen LogP contribution in [0, 0.1) is 0 Å². The van der Waals surface area contributed by atoms with Crippen molar-refractivity contribution in [3.63, 3.8) is 0 Å². The molecule has 0 atom stereocenters. The zero-order valence-electron chi connectivity index (χ0n) is 14.2. The Bertz CT molecular complexity index is 1060. The van der Waals surface area contributed by atoms with Gasteiger partial charge in [0.05, 0.1) is 0 Å². The van der Waals surface area contributed by atoms with Crippen LogP contribution in [0.5, 0.6) is 0 Å². The molecule has 4 heteroatoms. The van der Waals surface area contributed by atoms with Crippen LogP contribution in [0.4, 0.5) is 0 Å². The van der Waals surface area contributed by atoms with Gasteiger partial charge in [-0.3, -0.25) is 0 Å². The molecule has 0 saturated heterocycles. The fraction of sp³-hybridized carbons (Fsp3) is 0.190. The maximum atomic E-state index is 6.55. The molecule has 4 rings (SSSR count). The summed E-state index contributed by atoms with van der Waals surface area (Å²) >= 11 is 8.35. The predicted octanol–water partition coefficient (Wildman–Crippen LogP) is 5.92. The van der Waals surface area contributed by atoms with Gasteiger partial charge in [-0.25, -0.2) is 0 Å². The number of rotatable bonds is 5. The molecule has 0 N–H and O–H groups in total. The van der Waals surface area contributed by atoms with Crippen molar-refractivity contribution >= 4 is 50.0 Å². The van der Waals surface area contributed by atoms with Gasteiger partial charge in [0.2, 0.25) is 11.0 Å². The van der Waals surface area contributed by atoms with Gasteiger partial charge in [-0.2, -0.15) is 4.57 Å². The van der Waals surface area contributed by atoms with E-state index in [0.29, 0.717) is 0 Å². The second-order valence-corrected chi connectivity index (χ2v) is 7.29. The first-order valence-corrected chi connectivity index (χ1v) is 9.84. The molecule has 0 aliphatic carbocycles. The first-order chi connectivity index (χ1) is 12.3. The van der Waals surface area contributed by atoms with E-state index in [1.807, 2.05) is 6.07 Å². The Hall–Kier alpha value is -2.10. The zero-order chi connectivity index (χ0) is 17.2. The molecule has 25 heavy (non-hydrogen) atoms. The van der Waals surface area contributed by atoms with Crippen LogP contribution < -0.4 is 4.57 Å². The molecular weight excluding hydrogens is 348 g/mol. The van der Waals surface area contributed by atoms with Gasteiger partial charge in [0.25, 0.3) is 0 Å². The number of thiazole rings is 1. The van der Waals surface area contributed by atoms with E-state index in [-0.39, 0.29) is 0 Å². The highest BCUT2D eigenvalue weighted by atomic mass is 35.5. The lowest BCUT2D eigenvalue weighted by Gasteiger charge is -2.03. The fourth-order valence-corrected chi connectivity index (χ4v) is 4.62. The number of hydrogen-bond donors (Lipinski definition) is 0. The highest BCUT2D eigenvalue weighted by Gasteiger charge is 2.12. The van der Waals surface area contributed by atoms with Crippen LogP contribution in [0.25, 0.3) is 27.1 Å². The number of hydrogen-bond acceptors (Lipinski definition) is 1. The summed E-state index contributed by atoms with van der Waals surface area (Å²) < 4.78 is 5.84. The molecular formula is C21H20ClN2S+. The number of benzene rings is 2. The molecule has 2 aromatic heterocycles. The fourth-order valence-electron chi connectivity index (χ4n) is 3.32. The van der Waals surface area contributed by atoms with Crippen LogP contribution in [0.2, 0.25) is 5.15 Å². The molecule has 0 aliphatic heterocycles. The number of aryl methyl sites for hydroxylation is 1. The van der Waals surface area contributed by atoms with Gasteiger partial charge >= 0.3 is 0 Å². The van der Waals surface area contributed by atoms with Crippen molar-refractivity contribution in [3.8, 4) is 0 Å². The Labute approximate surface area is 156 Å². The summed E-state index contributed by atoms with van der Waals surface area (Å²) in [4.78, 5) is 0. The van der Waals surface area contributed by atoms with Crippen LogP contribution >= 0.6 is 22.9 Å². The second kappa shape index (κ2) is 7.03. The summed E-state index contributed by atoms with van der Waals surface area (Å²) in [5.41, 5.74) is 4.72. The van der Waals surface area contributed by atoms with Crippen LogP contribution in [0.3, 0.4) is 0 Å². The zero-order valence-corrected chi connectivity index (χ0v) is 15.7. The molecule has 0 radical (unpaired) electrons. The molecule has 0 bridgehead atoms. The smallest absolute Gasteiger partial charge is 0.225 e. The van der Waals surface area contributed by atoms with Crippen molar-refractivity contribution in [3.05, 3.63) is 71.0 Å². The number of halogens is 1. The Morgan fingerprint density at radius 1 is 1.08 bits per heavy atom. The molecule has 2 heterocycles. The third-order valence-corrected chi connectivity index (χ3v) is 5.93. The molecule has 0 spiro atoms. The monoisotopic (exact) mass is 367 g/mol. The van der Waals surface area contributed by atoms with Gasteiger partial charge in [0.1, 0.15) is 9.85 Å². The SMILES string of the molecule is CCn1c(Cl)c2ccccc2c1C=CCC[n+]1csc2ccccc21. The lowest BCUT2D eigenvalue weighted by Crippen LogP contribution is -2.30. The van der Waals surface area contributed by atoms with Crippen LogP contribution in [0.1, 0.15) is 19.0 Å². The summed E-state index contributed by atoms with van der Waals surface area (Å²) in [5.74, 6) is 0. The van der Waals surface area contributed by atoms with E-state index in [4.69, 9.17) is 11.6 Å². The van der Waals surface area contributed by atoms with E-state index in [1.54, 1.807) is 11.3 Å². The number of para-hydroxylation sites is 1. The highest BCUT2D eigenvalue weighted by Crippen LogP contribution is 2.31. The largest absolute Gasteiger partial charge is 0.331 e. The molecule has 126 valence electrons. The maximum absolute atomic E-state index is 6.55. The highest BCUT2D eigenvalue weighted by molar-refractivity contribution is 7.16. The molecule has 0 saturated carbocycles. The average Bonchev–Trinajstić information content (AvgIpc) is 3.18. The van der Waals surface area contributed by atoms with E-state index in [0.717, 1.165) is 30.0 Å². The van der Waals surface area contributed by atoms with E-state index >= 15 is 0 Å².